The van der Waals surface area contributed by atoms with Crippen molar-refractivity contribution in [1.82, 2.24) is 9.78 Å². The van der Waals surface area contributed by atoms with Gasteiger partial charge in [0.25, 0.3) is 10.0 Å². The number of nitrogens with one attached hydrogen (secondary N) is 1. The average molecular weight is 413 g/mol. The molecule has 0 amide bonds. The Morgan fingerprint density at radius 3 is 2.52 bits per heavy atom. The number of aromatic nitrogens is 2. The first-order valence-electron chi connectivity index (χ1n) is 9.54. The molecule has 0 aliphatic carbocycles. The smallest absolute Gasteiger partial charge is 0.265 e. The van der Waals surface area contributed by atoms with Gasteiger partial charge in [-0.15, -0.1) is 0 Å². The minimum Gasteiger partial charge on any atom is -0.493 e. The molecule has 1 aromatic heterocycles. The molecule has 1 N–H and O–H groups in total. The van der Waals surface area contributed by atoms with E-state index in [1.807, 2.05) is 30.3 Å². The van der Waals surface area contributed by atoms with Crippen LogP contribution in [0.15, 0.2) is 71.9 Å². The van der Waals surface area contributed by atoms with Gasteiger partial charge in [-0.3, -0.25) is 4.72 Å². The van der Waals surface area contributed by atoms with E-state index in [-0.39, 0.29) is 4.90 Å². The molecule has 2 heterocycles. The number of anilines is 1. The number of rotatable bonds is 7. The molecule has 8 heteroatoms. The maximum absolute atomic E-state index is 12.7. The third-order valence-corrected chi connectivity index (χ3v) is 6.16. The Hall–Kier alpha value is -2.84. The molecule has 1 aliphatic rings. The van der Waals surface area contributed by atoms with E-state index in [0.29, 0.717) is 18.2 Å². The third kappa shape index (κ3) is 4.96. The van der Waals surface area contributed by atoms with Crippen LogP contribution >= 0.6 is 0 Å². The molecular weight excluding hydrogens is 390 g/mol. The van der Waals surface area contributed by atoms with E-state index in [1.165, 1.54) is 17.1 Å². The van der Waals surface area contributed by atoms with Gasteiger partial charge in [-0.05, 0) is 55.2 Å². The molecule has 0 atom stereocenters. The van der Waals surface area contributed by atoms with Crippen LogP contribution in [0.25, 0.3) is 5.69 Å². The first-order valence-corrected chi connectivity index (χ1v) is 11.0. The molecule has 29 heavy (non-hydrogen) atoms. The molecule has 0 saturated carbocycles. The second kappa shape index (κ2) is 8.67. The molecule has 0 unspecified atom stereocenters. The van der Waals surface area contributed by atoms with E-state index < -0.39 is 10.0 Å². The summed E-state index contributed by atoms with van der Waals surface area (Å²) in [5.41, 5.74) is 1.26. The summed E-state index contributed by atoms with van der Waals surface area (Å²) in [5.74, 6) is 1.22. The van der Waals surface area contributed by atoms with Gasteiger partial charge in [0.05, 0.1) is 24.7 Å². The Labute approximate surface area is 170 Å². The van der Waals surface area contributed by atoms with E-state index in [1.54, 1.807) is 24.3 Å². The molecule has 1 saturated heterocycles. The van der Waals surface area contributed by atoms with Crippen molar-refractivity contribution >= 4 is 15.7 Å². The molecular formula is C21H23N3O4S. The normalized spacial score (nSPS) is 15.2. The summed E-state index contributed by atoms with van der Waals surface area (Å²) in [4.78, 5) is 0.0983. The van der Waals surface area contributed by atoms with Crippen molar-refractivity contribution in [3.05, 3.63) is 67.0 Å². The first kappa shape index (κ1) is 19.5. The van der Waals surface area contributed by atoms with Crippen molar-refractivity contribution in [3.63, 3.8) is 0 Å². The van der Waals surface area contributed by atoms with E-state index in [4.69, 9.17) is 9.47 Å². The van der Waals surface area contributed by atoms with Crippen molar-refractivity contribution in [2.24, 2.45) is 5.92 Å². The van der Waals surface area contributed by atoms with Gasteiger partial charge in [0.2, 0.25) is 0 Å². The van der Waals surface area contributed by atoms with Gasteiger partial charge in [-0.1, -0.05) is 18.2 Å². The summed E-state index contributed by atoms with van der Waals surface area (Å²) in [6.07, 6.45) is 4.84. The quantitative estimate of drug-likeness (QED) is 0.641. The van der Waals surface area contributed by atoms with Crippen LogP contribution in [0.3, 0.4) is 0 Å². The molecule has 1 aliphatic heterocycles. The highest BCUT2D eigenvalue weighted by Crippen LogP contribution is 2.22. The largest absolute Gasteiger partial charge is 0.493 e. The highest BCUT2D eigenvalue weighted by atomic mass is 32.2. The predicted molar refractivity (Wildman–Crippen MR) is 110 cm³/mol. The fraction of sp³-hybridized carbons (Fsp3) is 0.286. The fourth-order valence-electron chi connectivity index (χ4n) is 3.13. The Balaban J connectivity index is 1.38. The van der Waals surface area contributed by atoms with E-state index >= 15 is 0 Å². The maximum atomic E-state index is 12.7. The zero-order chi connectivity index (χ0) is 20.1. The van der Waals surface area contributed by atoms with Crippen molar-refractivity contribution in [2.75, 3.05) is 24.5 Å². The van der Waals surface area contributed by atoms with Gasteiger partial charge in [-0.2, -0.15) is 5.10 Å². The van der Waals surface area contributed by atoms with Gasteiger partial charge in [0.1, 0.15) is 10.6 Å². The number of ether oxygens (including phenoxy) is 2. The summed E-state index contributed by atoms with van der Waals surface area (Å²) < 4.78 is 40.6. The topological polar surface area (TPSA) is 82.5 Å². The monoisotopic (exact) mass is 413 g/mol. The van der Waals surface area contributed by atoms with Crippen molar-refractivity contribution in [3.8, 4) is 11.4 Å². The molecule has 0 radical (unpaired) electrons. The minimum absolute atomic E-state index is 0.0983. The lowest BCUT2D eigenvalue weighted by atomic mass is 10.0. The van der Waals surface area contributed by atoms with Crippen molar-refractivity contribution < 1.29 is 17.9 Å². The molecule has 4 rings (SSSR count). The highest BCUT2D eigenvalue weighted by molar-refractivity contribution is 7.92. The number of sulfonamides is 1. The number of benzene rings is 2. The summed E-state index contributed by atoms with van der Waals surface area (Å²) >= 11 is 0. The van der Waals surface area contributed by atoms with Crippen molar-refractivity contribution in [2.45, 2.75) is 17.7 Å². The van der Waals surface area contributed by atoms with E-state index in [2.05, 4.69) is 9.82 Å². The SMILES string of the molecule is O=S(=O)(Nc1ccc(OCC2CCOCC2)cc1)c1cnn(-c2ccccc2)c1. The average Bonchev–Trinajstić information content (AvgIpc) is 3.26. The van der Waals surface area contributed by atoms with Gasteiger partial charge >= 0.3 is 0 Å². The number of para-hydroxylation sites is 1. The Morgan fingerprint density at radius 1 is 1.07 bits per heavy atom. The van der Waals surface area contributed by atoms with Crippen LogP contribution < -0.4 is 9.46 Å². The second-order valence-electron chi connectivity index (χ2n) is 6.95. The summed E-state index contributed by atoms with van der Waals surface area (Å²) in [7, 11) is -3.73. The Kier molecular flexibility index (Phi) is 5.82. The molecule has 3 aromatic rings. The predicted octanol–water partition coefficient (Wildman–Crippen LogP) is 3.48. The summed E-state index contributed by atoms with van der Waals surface area (Å²) in [6.45, 7) is 2.22. The standard InChI is InChI=1S/C21H23N3O4S/c25-29(26,21-14-22-24(15-21)19-4-2-1-3-5-19)23-18-6-8-20(9-7-18)28-16-17-10-12-27-13-11-17/h1-9,14-15,17,23H,10-13,16H2. The number of nitrogens with zero attached hydrogens (tertiary/aromatic N) is 2. The van der Waals surface area contributed by atoms with Crippen molar-refractivity contribution in [1.29, 1.82) is 0 Å². The second-order valence-corrected chi connectivity index (χ2v) is 8.64. The van der Waals surface area contributed by atoms with Crippen LogP contribution in [0.5, 0.6) is 5.75 Å². The number of hydrogen-bond donors (Lipinski definition) is 1. The molecule has 152 valence electrons. The first-order chi connectivity index (χ1) is 14.1. The van der Waals surface area contributed by atoms with Crippen LogP contribution in [0.4, 0.5) is 5.69 Å². The minimum atomic E-state index is -3.73. The van der Waals surface area contributed by atoms with Crippen LogP contribution in [0, 0.1) is 5.92 Å². The van der Waals surface area contributed by atoms with Crippen LogP contribution in [0.1, 0.15) is 12.8 Å². The van der Waals surface area contributed by atoms with Gasteiger partial charge in [0.15, 0.2) is 0 Å². The van der Waals surface area contributed by atoms with Gasteiger partial charge < -0.3 is 9.47 Å². The Morgan fingerprint density at radius 2 is 1.79 bits per heavy atom. The zero-order valence-corrected chi connectivity index (χ0v) is 16.7. The summed E-state index contributed by atoms with van der Waals surface area (Å²) in [6, 6.07) is 16.3. The van der Waals surface area contributed by atoms with Gasteiger partial charge in [0, 0.05) is 18.9 Å². The maximum Gasteiger partial charge on any atom is 0.265 e. The molecule has 0 spiro atoms. The number of hydrogen-bond acceptors (Lipinski definition) is 5. The molecule has 7 nitrogen and oxygen atoms in total. The lowest BCUT2D eigenvalue weighted by Crippen LogP contribution is -2.21. The molecule has 0 bridgehead atoms. The van der Waals surface area contributed by atoms with Gasteiger partial charge in [-0.25, -0.2) is 13.1 Å². The highest BCUT2D eigenvalue weighted by Gasteiger charge is 2.18. The van der Waals surface area contributed by atoms with E-state index in [9.17, 15) is 8.42 Å². The van der Waals surface area contributed by atoms with Crippen LogP contribution in [-0.2, 0) is 14.8 Å². The lowest BCUT2D eigenvalue weighted by molar-refractivity contribution is 0.0497. The lowest BCUT2D eigenvalue weighted by Gasteiger charge is -2.22. The fourth-order valence-corrected chi connectivity index (χ4v) is 4.12. The van der Waals surface area contributed by atoms with Crippen LogP contribution in [-0.4, -0.2) is 38.0 Å². The zero-order valence-electron chi connectivity index (χ0n) is 15.9. The summed E-state index contributed by atoms with van der Waals surface area (Å²) in [5, 5.41) is 4.15. The molecule has 1 fully saturated rings. The van der Waals surface area contributed by atoms with E-state index in [0.717, 1.165) is 37.5 Å². The Bertz CT molecular complexity index is 1030. The van der Waals surface area contributed by atoms with Crippen LogP contribution in [0.2, 0.25) is 0 Å². The third-order valence-electron chi connectivity index (χ3n) is 4.82. The molecule has 2 aromatic carbocycles.